The molecule has 0 spiro atoms. The molecular weight excluding hydrogens is 400 g/mol. The molecule has 26 heavy (non-hydrogen) atoms. The van der Waals surface area contributed by atoms with Crippen molar-refractivity contribution in [1.29, 1.82) is 0 Å². The molecule has 0 aliphatic heterocycles. The largest absolute Gasteiger partial charge is 0.465 e. The molecule has 0 amide bonds. The van der Waals surface area contributed by atoms with Crippen LogP contribution in [0.1, 0.15) is 10.4 Å². The van der Waals surface area contributed by atoms with Crippen LogP contribution in [0.4, 0.5) is 28.8 Å². The maximum absolute atomic E-state index is 11.9. The number of hydrogen-bond acceptors (Lipinski definition) is 8. The number of hydrogen-bond donors (Lipinski definition) is 3. The molecule has 8 nitrogen and oxygen atoms in total. The number of para-hydroxylation sites is 1. The van der Waals surface area contributed by atoms with Crippen molar-refractivity contribution in [3.05, 3.63) is 59.0 Å². The standard InChI is InChI=1S/C17H15BrN6O2/c1-26-17(25)11-4-2-3-5-12(11)23-15-14(19)16(22-9-21-15)24-13-7-6-10(18)8-20-13/h2-9H,19H2,1H3,(H2,20,21,22,23,24). The molecule has 0 radical (unpaired) electrons. The fourth-order valence-corrected chi connectivity index (χ4v) is 2.41. The van der Waals surface area contributed by atoms with Gasteiger partial charge in [-0.05, 0) is 40.2 Å². The van der Waals surface area contributed by atoms with Gasteiger partial charge in [0.25, 0.3) is 0 Å². The number of anilines is 5. The minimum Gasteiger partial charge on any atom is -0.465 e. The van der Waals surface area contributed by atoms with Gasteiger partial charge in [0, 0.05) is 10.7 Å². The molecule has 0 fully saturated rings. The van der Waals surface area contributed by atoms with Crippen LogP contribution in [0, 0.1) is 0 Å². The Kier molecular flexibility index (Phi) is 5.28. The third-order valence-corrected chi connectivity index (χ3v) is 3.91. The number of carbonyl (C=O) groups is 1. The first-order valence-corrected chi connectivity index (χ1v) is 8.31. The molecule has 0 aliphatic carbocycles. The zero-order valence-corrected chi connectivity index (χ0v) is 15.3. The Labute approximate surface area is 158 Å². The zero-order valence-electron chi connectivity index (χ0n) is 13.7. The lowest BCUT2D eigenvalue weighted by atomic mass is 10.2. The highest BCUT2D eigenvalue weighted by molar-refractivity contribution is 9.10. The number of methoxy groups -OCH3 is 1. The van der Waals surface area contributed by atoms with Gasteiger partial charge in [-0.25, -0.2) is 19.7 Å². The lowest BCUT2D eigenvalue weighted by molar-refractivity contribution is 0.0602. The number of pyridine rings is 1. The summed E-state index contributed by atoms with van der Waals surface area (Å²) in [4.78, 5) is 24.4. The van der Waals surface area contributed by atoms with Gasteiger partial charge in [0.2, 0.25) is 0 Å². The summed E-state index contributed by atoms with van der Waals surface area (Å²) in [6.45, 7) is 0. The maximum Gasteiger partial charge on any atom is 0.339 e. The van der Waals surface area contributed by atoms with Gasteiger partial charge in [-0.1, -0.05) is 12.1 Å². The lowest BCUT2D eigenvalue weighted by Gasteiger charge is -2.14. The van der Waals surface area contributed by atoms with Crippen molar-refractivity contribution >= 4 is 50.7 Å². The highest BCUT2D eigenvalue weighted by atomic mass is 79.9. The topological polar surface area (TPSA) is 115 Å². The summed E-state index contributed by atoms with van der Waals surface area (Å²) >= 11 is 3.33. The normalized spacial score (nSPS) is 10.2. The summed E-state index contributed by atoms with van der Waals surface area (Å²) in [5.74, 6) is 0.876. The van der Waals surface area contributed by atoms with Gasteiger partial charge in [-0.2, -0.15) is 0 Å². The molecule has 132 valence electrons. The van der Waals surface area contributed by atoms with E-state index in [0.717, 1.165) is 4.47 Å². The third-order valence-electron chi connectivity index (χ3n) is 3.44. The number of nitrogen functional groups attached to an aromatic ring is 1. The summed E-state index contributed by atoms with van der Waals surface area (Å²) in [5, 5.41) is 6.08. The van der Waals surface area contributed by atoms with E-state index in [0.29, 0.717) is 28.7 Å². The van der Waals surface area contributed by atoms with E-state index in [4.69, 9.17) is 10.5 Å². The molecule has 2 aromatic heterocycles. The number of nitrogens with zero attached hydrogens (tertiary/aromatic N) is 3. The number of rotatable bonds is 5. The van der Waals surface area contributed by atoms with Crippen molar-refractivity contribution in [2.45, 2.75) is 0 Å². The van der Waals surface area contributed by atoms with Gasteiger partial charge in [0.15, 0.2) is 11.6 Å². The van der Waals surface area contributed by atoms with Crippen LogP contribution in [0.15, 0.2) is 53.4 Å². The van der Waals surface area contributed by atoms with Crippen LogP contribution in [0.5, 0.6) is 0 Å². The highest BCUT2D eigenvalue weighted by Gasteiger charge is 2.14. The van der Waals surface area contributed by atoms with Crippen molar-refractivity contribution in [3.8, 4) is 0 Å². The van der Waals surface area contributed by atoms with Crippen LogP contribution in [0.25, 0.3) is 0 Å². The van der Waals surface area contributed by atoms with E-state index >= 15 is 0 Å². The summed E-state index contributed by atoms with van der Waals surface area (Å²) in [5.41, 5.74) is 7.35. The summed E-state index contributed by atoms with van der Waals surface area (Å²) in [6, 6.07) is 10.5. The summed E-state index contributed by atoms with van der Waals surface area (Å²) in [6.07, 6.45) is 3.02. The average Bonchev–Trinajstić information content (AvgIpc) is 2.66. The number of aromatic nitrogens is 3. The van der Waals surface area contributed by atoms with Crippen LogP contribution in [-0.4, -0.2) is 28.0 Å². The molecule has 3 aromatic rings. The predicted octanol–water partition coefficient (Wildman–Crippen LogP) is 3.49. The Bertz CT molecular complexity index is 933. The van der Waals surface area contributed by atoms with E-state index in [9.17, 15) is 4.79 Å². The first-order chi connectivity index (χ1) is 12.6. The average molecular weight is 415 g/mol. The highest BCUT2D eigenvalue weighted by Crippen LogP contribution is 2.29. The second kappa shape index (κ2) is 7.79. The van der Waals surface area contributed by atoms with Crippen molar-refractivity contribution in [3.63, 3.8) is 0 Å². The number of ether oxygens (including phenoxy) is 1. The van der Waals surface area contributed by atoms with E-state index in [1.807, 2.05) is 6.07 Å². The molecule has 4 N–H and O–H groups in total. The zero-order chi connectivity index (χ0) is 18.5. The fourth-order valence-electron chi connectivity index (χ4n) is 2.17. The maximum atomic E-state index is 11.9. The van der Waals surface area contributed by atoms with Gasteiger partial charge >= 0.3 is 5.97 Å². The Balaban J connectivity index is 1.88. The molecule has 0 atom stereocenters. The molecule has 0 unspecified atom stereocenters. The second-order valence-electron chi connectivity index (χ2n) is 5.13. The van der Waals surface area contributed by atoms with E-state index in [1.54, 1.807) is 36.5 Å². The van der Waals surface area contributed by atoms with Crippen molar-refractivity contribution in [2.24, 2.45) is 0 Å². The molecule has 0 aliphatic rings. The molecule has 1 aromatic carbocycles. The SMILES string of the molecule is COC(=O)c1ccccc1Nc1ncnc(Nc2ccc(Br)cn2)c1N. The number of esters is 1. The van der Waals surface area contributed by atoms with Gasteiger partial charge in [-0.3, -0.25) is 0 Å². The molecular formula is C17H15BrN6O2. The number of carbonyl (C=O) groups excluding carboxylic acids is 1. The number of nitrogens with one attached hydrogen (secondary N) is 2. The number of benzene rings is 1. The summed E-state index contributed by atoms with van der Waals surface area (Å²) < 4.78 is 5.65. The first-order valence-electron chi connectivity index (χ1n) is 7.52. The predicted molar refractivity (Wildman–Crippen MR) is 103 cm³/mol. The quantitative estimate of drug-likeness (QED) is 0.543. The van der Waals surface area contributed by atoms with Crippen molar-refractivity contribution < 1.29 is 9.53 Å². The number of halogens is 1. The van der Waals surface area contributed by atoms with Crippen molar-refractivity contribution in [1.82, 2.24) is 15.0 Å². The second-order valence-corrected chi connectivity index (χ2v) is 6.05. The van der Waals surface area contributed by atoms with Gasteiger partial charge in [0.05, 0.1) is 18.4 Å². The molecule has 9 heteroatoms. The van der Waals surface area contributed by atoms with Crippen LogP contribution in [0.3, 0.4) is 0 Å². The Morgan fingerprint density at radius 1 is 1.08 bits per heavy atom. The van der Waals surface area contributed by atoms with Crippen LogP contribution in [-0.2, 0) is 4.74 Å². The molecule has 3 rings (SSSR count). The Hall–Kier alpha value is -3.20. The monoisotopic (exact) mass is 414 g/mol. The van der Waals surface area contributed by atoms with Gasteiger partial charge < -0.3 is 21.1 Å². The third kappa shape index (κ3) is 3.89. The Morgan fingerprint density at radius 2 is 1.81 bits per heavy atom. The molecule has 0 saturated carbocycles. The minimum absolute atomic E-state index is 0.289. The van der Waals surface area contributed by atoms with E-state index < -0.39 is 5.97 Å². The minimum atomic E-state index is -0.460. The smallest absolute Gasteiger partial charge is 0.339 e. The lowest BCUT2D eigenvalue weighted by Crippen LogP contribution is -2.09. The summed E-state index contributed by atoms with van der Waals surface area (Å²) in [7, 11) is 1.32. The Morgan fingerprint density at radius 3 is 2.50 bits per heavy atom. The molecule has 0 saturated heterocycles. The van der Waals surface area contributed by atoms with E-state index in [-0.39, 0.29) is 5.69 Å². The van der Waals surface area contributed by atoms with Crippen LogP contribution < -0.4 is 16.4 Å². The fraction of sp³-hybridized carbons (Fsp3) is 0.0588. The van der Waals surface area contributed by atoms with Gasteiger partial charge in [-0.15, -0.1) is 0 Å². The van der Waals surface area contributed by atoms with E-state index in [2.05, 4.69) is 41.5 Å². The first kappa shape index (κ1) is 17.6. The van der Waals surface area contributed by atoms with Crippen LogP contribution in [0.2, 0.25) is 0 Å². The number of nitrogens with two attached hydrogens (primary N) is 1. The van der Waals surface area contributed by atoms with Crippen molar-refractivity contribution in [2.75, 3.05) is 23.5 Å². The molecule has 0 bridgehead atoms. The molecule has 2 heterocycles. The van der Waals surface area contributed by atoms with E-state index in [1.165, 1.54) is 13.4 Å². The van der Waals surface area contributed by atoms with Crippen LogP contribution >= 0.6 is 15.9 Å². The van der Waals surface area contributed by atoms with Gasteiger partial charge in [0.1, 0.15) is 17.8 Å².